The Hall–Kier alpha value is -2.34. The molecular weight excluding hydrogens is 415 g/mol. The number of hydrazone groups is 1. The lowest BCUT2D eigenvalue weighted by atomic mass is 9.98. The van der Waals surface area contributed by atoms with Gasteiger partial charge in [0.05, 0.1) is 21.3 Å². The summed E-state index contributed by atoms with van der Waals surface area (Å²) in [5.74, 6) is 0. The predicted octanol–water partition coefficient (Wildman–Crippen LogP) is 5.11. The molecule has 0 bridgehead atoms. The highest BCUT2D eigenvalue weighted by atomic mass is 35.5. The third-order valence-corrected chi connectivity index (χ3v) is 7.86. The summed E-state index contributed by atoms with van der Waals surface area (Å²) in [7, 11) is -3.59. The molecule has 2 aliphatic rings. The van der Waals surface area contributed by atoms with Crippen molar-refractivity contribution in [3.05, 3.63) is 94.0 Å². The zero-order chi connectivity index (χ0) is 19.5. The Kier molecular flexibility index (Phi) is 4.02. The van der Waals surface area contributed by atoms with E-state index in [9.17, 15) is 8.42 Å². The smallest absolute Gasteiger partial charge is 0.189 e. The SMILES string of the molecule is O=S1(=O)c2ccccc2C2C1C(c1ccc(Cl)cc1)=NN2c1ccccc1Cl. The fourth-order valence-electron chi connectivity index (χ4n) is 3.93. The highest BCUT2D eigenvalue weighted by molar-refractivity contribution is 7.93. The zero-order valence-electron chi connectivity index (χ0n) is 14.5. The molecule has 2 atom stereocenters. The van der Waals surface area contributed by atoms with Crippen LogP contribution in [0, 0.1) is 0 Å². The van der Waals surface area contributed by atoms with Gasteiger partial charge in [-0.15, -0.1) is 0 Å². The third kappa shape index (κ3) is 2.50. The summed E-state index contributed by atoms with van der Waals surface area (Å²) in [6, 6.07) is 21.0. The molecule has 2 aliphatic heterocycles. The van der Waals surface area contributed by atoms with Gasteiger partial charge in [0.2, 0.25) is 0 Å². The van der Waals surface area contributed by atoms with Gasteiger partial charge in [-0.05, 0) is 41.5 Å². The maximum absolute atomic E-state index is 13.4. The zero-order valence-corrected chi connectivity index (χ0v) is 16.8. The van der Waals surface area contributed by atoms with Gasteiger partial charge in [-0.2, -0.15) is 5.10 Å². The summed E-state index contributed by atoms with van der Waals surface area (Å²) >= 11 is 12.4. The van der Waals surface area contributed by atoms with Crippen molar-refractivity contribution in [2.75, 3.05) is 5.01 Å². The lowest BCUT2D eigenvalue weighted by molar-refractivity contribution is 0.591. The first-order chi connectivity index (χ1) is 13.5. The van der Waals surface area contributed by atoms with Crippen molar-refractivity contribution >= 4 is 44.4 Å². The van der Waals surface area contributed by atoms with Crippen LogP contribution in [0.4, 0.5) is 5.69 Å². The van der Waals surface area contributed by atoms with Gasteiger partial charge in [0.25, 0.3) is 0 Å². The molecule has 0 spiro atoms. The lowest BCUT2D eigenvalue weighted by Gasteiger charge is -2.24. The molecule has 2 unspecified atom stereocenters. The van der Waals surface area contributed by atoms with Crippen molar-refractivity contribution in [1.29, 1.82) is 0 Å². The van der Waals surface area contributed by atoms with Gasteiger partial charge in [-0.3, -0.25) is 5.01 Å². The second kappa shape index (κ2) is 6.34. The van der Waals surface area contributed by atoms with Crippen molar-refractivity contribution in [3.63, 3.8) is 0 Å². The maximum Gasteiger partial charge on any atom is 0.189 e. The second-order valence-electron chi connectivity index (χ2n) is 6.74. The molecule has 4 nitrogen and oxygen atoms in total. The van der Waals surface area contributed by atoms with E-state index in [1.807, 2.05) is 30.3 Å². The van der Waals surface area contributed by atoms with Crippen molar-refractivity contribution in [2.24, 2.45) is 5.10 Å². The largest absolute Gasteiger partial charge is 0.254 e. The van der Waals surface area contributed by atoms with Crippen LogP contribution in [0.25, 0.3) is 0 Å². The van der Waals surface area contributed by atoms with E-state index in [1.54, 1.807) is 47.5 Å². The quantitative estimate of drug-likeness (QED) is 0.569. The number of anilines is 1. The van der Waals surface area contributed by atoms with E-state index in [4.69, 9.17) is 28.3 Å². The molecule has 0 radical (unpaired) electrons. The van der Waals surface area contributed by atoms with Crippen molar-refractivity contribution in [1.82, 2.24) is 0 Å². The summed E-state index contributed by atoms with van der Waals surface area (Å²) < 4.78 is 26.8. The number of rotatable bonds is 2. The van der Waals surface area contributed by atoms with Crippen LogP contribution in [-0.2, 0) is 9.84 Å². The van der Waals surface area contributed by atoms with Crippen LogP contribution in [0.1, 0.15) is 17.2 Å². The van der Waals surface area contributed by atoms with Crippen LogP contribution in [0.5, 0.6) is 0 Å². The number of hydrogen-bond donors (Lipinski definition) is 0. The molecule has 0 aliphatic carbocycles. The van der Waals surface area contributed by atoms with Crippen LogP contribution in [0.15, 0.2) is 82.8 Å². The van der Waals surface area contributed by atoms with Crippen molar-refractivity contribution in [3.8, 4) is 0 Å². The second-order valence-corrected chi connectivity index (χ2v) is 9.62. The summed E-state index contributed by atoms with van der Waals surface area (Å²) in [5.41, 5.74) is 2.64. The first-order valence-electron chi connectivity index (χ1n) is 8.69. The topological polar surface area (TPSA) is 49.7 Å². The Balaban J connectivity index is 1.76. The molecule has 3 aromatic rings. The molecule has 0 amide bonds. The Morgan fingerprint density at radius 2 is 1.54 bits per heavy atom. The lowest BCUT2D eigenvalue weighted by Crippen LogP contribution is -2.30. The monoisotopic (exact) mass is 428 g/mol. The Morgan fingerprint density at radius 1 is 0.857 bits per heavy atom. The van der Waals surface area contributed by atoms with Crippen LogP contribution in [0.3, 0.4) is 0 Å². The molecule has 3 aromatic carbocycles. The number of sulfone groups is 1. The average Bonchev–Trinajstić information content (AvgIpc) is 3.19. The van der Waals surface area contributed by atoms with Crippen LogP contribution < -0.4 is 5.01 Å². The standard InChI is InChI=1S/C21H14Cl2N2O2S/c22-14-11-9-13(10-12-14)19-21-20(15-5-1-4-8-18(15)28(21,26)27)25(24-19)17-7-3-2-6-16(17)23/h1-12,20-21H. The number of benzene rings is 3. The molecular formula is C21H14Cl2N2O2S. The molecule has 0 fully saturated rings. The number of para-hydroxylation sites is 1. The highest BCUT2D eigenvalue weighted by Gasteiger charge is 2.54. The first-order valence-corrected chi connectivity index (χ1v) is 11.0. The van der Waals surface area contributed by atoms with Crippen LogP contribution in [0.2, 0.25) is 10.0 Å². The number of halogens is 2. The van der Waals surface area contributed by atoms with E-state index >= 15 is 0 Å². The van der Waals surface area contributed by atoms with Gasteiger partial charge in [0.15, 0.2) is 9.84 Å². The molecule has 0 saturated carbocycles. The van der Waals surface area contributed by atoms with Gasteiger partial charge < -0.3 is 0 Å². The summed E-state index contributed by atoms with van der Waals surface area (Å²) in [5, 5.41) is 6.77. The molecule has 0 aromatic heterocycles. The predicted molar refractivity (Wildman–Crippen MR) is 112 cm³/mol. The molecule has 140 valence electrons. The van der Waals surface area contributed by atoms with Crippen LogP contribution in [-0.4, -0.2) is 19.4 Å². The Bertz CT molecular complexity index is 1220. The van der Waals surface area contributed by atoms with Gasteiger partial charge in [-0.1, -0.05) is 65.7 Å². The molecule has 28 heavy (non-hydrogen) atoms. The minimum Gasteiger partial charge on any atom is -0.254 e. The van der Waals surface area contributed by atoms with Gasteiger partial charge in [0.1, 0.15) is 11.3 Å². The number of nitrogens with zero attached hydrogens (tertiary/aromatic N) is 2. The van der Waals surface area contributed by atoms with Gasteiger partial charge in [0, 0.05) is 5.02 Å². The van der Waals surface area contributed by atoms with E-state index < -0.39 is 21.1 Å². The third-order valence-electron chi connectivity index (χ3n) is 5.15. The van der Waals surface area contributed by atoms with Crippen LogP contribution >= 0.6 is 23.2 Å². The fourth-order valence-corrected chi connectivity index (χ4v) is 6.41. The van der Waals surface area contributed by atoms with E-state index in [-0.39, 0.29) is 0 Å². The Morgan fingerprint density at radius 3 is 2.29 bits per heavy atom. The van der Waals surface area contributed by atoms with E-state index in [0.29, 0.717) is 26.3 Å². The Labute approximate surface area is 172 Å². The van der Waals surface area contributed by atoms with Crippen molar-refractivity contribution in [2.45, 2.75) is 16.2 Å². The molecule has 2 heterocycles. The molecule has 0 saturated heterocycles. The summed E-state index contributed by atoms with van der Waals surface area (Å²) in [6.45, 7) is 0. The minimum atomic E-state index is -3.59. The first kappa shape index (κ1) is 17.7. The highest BCUT2D eigenvalue weighted by Crippen LogP contribution is 2.50. The number of fused-ring (bicyclic) bond motifs is 3. The number of hydrogen-bond acceptors (Lipinski definition) is 4. The van der Waals surface area contributed by atoms with E-state index in [0.717, 1.165) is 11.1 Å². The normalized spacial score (nSPS) is 21.9. The van der Waals surface area contributed by atoms with Gasteiger partial charge >= 0.3 is 0 Å². The van der Waals surface area contributed by atoms with E-state index in [2.05, 4.69) is 0 Å². The average molecular weight is 429 g/mol. The van der Waals surface area contributed by atoms with Crippen molar-refractivity contribution < 1.29 is 8.42 Å². The minimum absolute atomic E-state index is 0.350. The summed E-state index contributed by atoms with van der Waals surface area (Å²) in [4.78, 5) is 0.350. The fraction of sp³-hybridized carbons (Fsp3) is 0.0952. The summed E-state index contributed by atoms with van der Waals surface area (Å²) in [6.07, 6.45) is 0. The maximum atomic E-state index is 13.4. The molecule has 5 rings (SSSR count). The molecule has 7 heteroatoms. The molecule has 0 N–H and O–H groups in total. The van der Waals surface area contributed by atoms with Gasteiger partial charge in [-0.25, -0.2) is 8.42 Å². The van der Waals surface area contributed by atoms with E-state index in [1.165, 1.54) is 0 Å².